The van der Waals surface area contributed by atoms with Crippen molar-refractivity contribution < 1.29 is 4.79 Å². The van der Waals surface area contributed by atoms with Gasteiger partial charge >= 0.3 is 0 Å². The molecule has 0 spiro atoms. The molecule has 1 aromatic heterocycles. The fourth-order valence-corrected chi connectivity index (χ4v) is 5.34. The number of hydrogen-bond acceptors (Lipinski definition) is 5. The minimum Gasteiger partial charge on any atom is -0.342 e. The van der Waals surface area contributed by atoms with E-state index in [0.717, 1.165) is 24.7 Å². The molecule has 0 bridgehead atoms. The van der Waals surface area contributed by atoms with Crippen LogP contribution < -0.4 is 0 Å². The molecule has 2 heterocycles. The first-order chi connectivity index (χ1) is 13.1. The molecule has 1 amide bonds. The van der Waals surface area contributed by atoms with E-state index in [1.165, 1.54) is 55.0 Å². The molecule has 144 valence electrons. The van der Waals surface area contributed by atoms with Crippen LogP contribution in [-0.4, -0.2) is 49.9 Å². The van der Waals surface area contributed by atoms with Crippen LogP contribution in [0.3, 0.4) is 0 Å². The molecule has 1 aliphatic heterocycles. The maximum absolute atomic E-state index is 12.8. The summed E-state index contributed by atoms with van der Waals surface area (Å²) in [6.07, 6.45) is 6.49. The Kier molecular flexibility index (Phi) is 5.48. The number of thioether (sulfide) groups is 1. The SMILES string of the molecule is Cc1cc(C)cc(-n2nnnc2SCC(=O)N2CC[C@@H]3CCCC[C@H]3C2)c1. The van der Waals surface area contributed by atoms with Crippen LogP contribution in [0.15, 0.2) is 23.4 Å². The Morgan fingerprint density at radius 2 is 1.85 bits per heavy atom. The van der Waals surface area contributed by atoms with Crippen LogP contribution in [0, 0.1) is 25.7 Å². The van der Waals surface area contributed by atoms with E-state index in [-0.39, 0.29) is 5.91 Å². The third-order valence-corrected chi connectivity index (χ3v) is 6.76. The minimum atomic E-state index is 0.207. The molecule has 0 N–H and O–H groups in total. The zero-order valence-corrected chi connectivity index (χ0v) is 16.9. The molecule has 2 aromatic rings. The van der Waals surface area contributed by atoms with E-state index >= 15 is 0 Å². The lowest BCUT2D eigenvalue weighted by atomic mass is 9.75. The van der Waals surface area contributed by atoms with Crippen molar-refractivity contribution in [2.75, 3.05) is 18.8 Å². The number of aromatic nitrogens is 4. The normalized spacial score (nSPS) is 22.5. The highest BCUT2D eigenvalue weighted by Crippen LogP contribution is 2.36. The number of amides is 1. The van der Waals surface area contributed by atoms with Gasteiger partial charge in [0.1, 0.15) is 0 Å². The number of carbonyl (C=O) groups is 1. The second-order valence-electron chi connectivity index (χ2n) is 7.94. The third-order valence-electron chi connectivity index (χ3n) is 5.86. The Bertz CT molecular complexity index is 800. The Morgan fingerprint density at radius 3 is 2.63 bits per heavy atom. The number of aryl methyl sites for hydroxylation is 2. The highest BCUT2D eigenvalue weighted by Gasteiger charge is 2.32. The average Bonchev–Trinajstić information content (AvgIpc) is 3.13. The first-order valence-corrected chi connectivity index (χ1v) is 10.9. The molecule has 2 fully saturated rings. The average molecular weight is 386 g/mol. The Morgan fingerprint density at radius 1 is 1.11 bits per heavy atom. The lowest BCUT2D eigenvalue weighted by Gasteiger charge is -2.41. The van der Waals surface area contributed by atoms with E-state index in [1.807, 2.05) is 0 Å². The van der Waals surface area contributed by atoms with Crippen molar-refractivity contribution in [3.63, 3.8) is 0 Å². The zero-order valence-electron chi connectivity index (χ0n) is 16.1. The predicted octanol–water partition coefficient (Wildman–Crippen LogP) is 3.41. The molecular weight excluding hydrogens is 358 g/mol. The molecule has 0 unspecified atom stereocenters. The molecular formula is C20H27N5OS. The van der Waals surface area contributed by atoms with Crippen molar-refractivity contribution in [2.45, 2.75) is 51.1 Å². The fourth-order valence-electron chi connectivity index (χ4n) is 4.55. The van der Waals surface area contributed by atoms with Gasteiger partial charge in [0.25, 0.3) is 0 Å². The summed E-state index contributed by atoms with van der Waals surface area (Å²) in [5.74, 6) is 2.15. The topological polar surface area (TPSA) is 63.9 Å². The maximum atomic E-state index is 12.8. The molecule has 2 aliphatic rings. The van der Waals surface area contributed by atoms with Crippen molar-refractivity contribution >= 4 is 17.7 Å². The van der Waals surface area contributed by atoms with Crippen LogP contribution in [0.4, 0.5) is 0 Å². The largest absolute Gasteiger partial charge is 0.342 e. The summed E-state index contributed by atoms with van der Waals surface area (Å²) in [7, 11) is 0. The second-order valence-corrected chi connectivity index (χ2v) is 8.88. The van der Waals surface area contributed by atoms with E-state index in [4.69, 9.17) is 0 Å². The summed E-state index contributed by atoms with van der Waals surface area (Å²) >= 11 is 1.43. The number of carbonyl (C=O) groups excluding carboxylic acids is 1. The third kappa shape index (κ3) is 4.18. The van der Waals surface area contributed by atoms with E-state index in [0.29, 0.717) is 16.8 Å². The molecule has 1 aliphatic carbocycles. The van der Waals surface area contributed by atoms with Crippen LogP contribution in [0.2, 0.25) is 0 Å². The molecule has 6 nitrogen and oxygen atoms in total. The summed E-state index contributed by atoms with van der Waals surface area (Å²) in [5, 5.41) is 12.7. The number of tetrazole rings is 1. The maximum Gasteiger partial charge on any atom is 0.233 e. The smallest absolute Gasteiger partial charge is 0.233 e. The van der Waals surface area contributed by atoms with Gasteiger partial charge < -0.3 is 4.90 Å². The van der Waals surface area contributed by atoms with Crippen LogP contribution in [-0.2, 0) is 4.79 Å². The van der Waals surface area contributed by atoms with E-state index in [1.54, 1.807) is 4.68 Å². The van der Waals surface area contributed by atoms with Gasteiger partial charge in [0, 0.05) is 13.1 Å². The molecule has 7 heteroatoms. The van der Waals surface area contributed by atoms with Gasteiger partial charge in [-0.3, -0.25) is 4.79 Å². The summed E-state index contributed by atoms with van der Waals surface area (Å²) < 4.78 is 1.73. The molecule has 0 radical (unpaired) electrons. The summed E-state index contributed by atoms with van der Waals surface area (Å²) in [6.45, 7) is 5.97. The van der Waals surface area contributed by atoms with Gasteiger partial charge in [0.05, 0.1) is 11.4 Å². The number of rotatable bonds is 4. The second kappa shape index (κ2) is 8.00. The van der Waals surface area contributed by atoms with Crippen LogP contribution in [0.25, 0.3) is 5.69 Å². The van der Waals surface area contributed by atoms with Crippen molar-refractivity contribution in [3.05, 3.63) is 29.3 Å². The summed E-state index contributed by atoms with van der Waals surface area (Å²) in [4.78, 5) is 14.8. The highest BCUT2D eigenvalue weighted by molar-refractivity contribution is 7.99. The van der Waals surface area contributed by atoms with Gasteiger partial charge in [0.15, 0.2) is 0 Å². The van der Waals surface area contributed by atoms with Crippen molar-refractivity contribution in [1.29, 1.82) is 0 Å². The van der Waals surface area contributed by atoms with Crippen molar-refractivity contribution in [2.24, 2.45) is 11.8 Å². The van der Waals surface area contributed by atoms with Crippen molar-refractivity contribution in [3.8, 4) is 5.69 Å². The molecule has 1 saturated heterocycles. The van der Waals surface area contributed by atoms with Gasteiger partial charge in [-0.1, -0.05) is 37.1 Å². The van der Waals surface area contributed by atoms with Crippen LogP contribution in [0.5, 0.6) is 0 Å². The number of likely N-dealkylation sites (tertiary alicyclic amines) is 1. The first-order valence-electron chi connectivity index (χ1n) is 9.88. The Hall–Kier alpha value is -1.89. The van der Waals surface area contributed by atoms with Crippen LogP contribution in [0.1, 0.15) is 43.2 Å². The first kappa shape index (κ1) is 18.5. The number of hydrogen-bond donors (Lipinski definition) is 0. The number of benzene rings is 1. The predicted molar refractivity (Wildman–Crippen MR) is 106 cm³/mol. The Balaban J connectivity index is 1.39. The number of fused-ring (bicyclic) bond motifs is 1. The standard InChI is InChI=1S/C20H27N5OS/c1-14-9-15(2)11-18(10-14)25-20(21-22-23-25)27-13-19(26)24-8-7-16-5-3-4-6-17(16)12-24/h9-11,16-17H,3-8,12-13H2,1-2H3/t16-,17-/m0/s1. The van der Waals surface area contributed by atoms with Crippen LogP contribution >= 0.6 is 11.8 Å². The van der Waals surface area contributed by atoms with E-state index < -0.39 is 0 Å². The van der Waals surface area contributed by atoms with E-state index in [9.17, 15) is 4.79 Å². The van der Waals surface area contributed by atoms with Gasteiger partial charge in [-0.25, -0.2) is 0 Å². The zero-order chi connectivity index (χ0) is 18.8. The molecule has 1 saturated carbocycles. The number of nitrogens with zero attached hydrogens (tertiary/aromatic N) is 5. The molecule has 2 atom stereocenters. The Labute approximate surface area is 164 Å². The summed E-state index contributed by atoms with van der Waals surface area (Å²) in [6, 6.07) is 6.24. The van der Waals surface area contributed by atoms with Gasteiger partial charge in [-0.2, -0.15) is 4.68 Å². The van der Waals surface area contributed by atoms with Gasteiger partial charge in [-0.15, -0.1) is 5.10 Å². The fraction of sp³-hybridized carbons (Fsp3) is 0.600. The van der Waals surface area contributed by atoms with Gasteiger partial charge in [0.2, 0.25) is 11.1 Å². The number of piperidine rings is 1. The summed E-state index contributed by atoms with van der Waals surface area (Å²) in [5.41, 5.74) is 3.28. The van der Waals surface area contributed by atoms with Gasteiger partial charge in [-0.05, 0) is 72.2 Å². The van der Waals surface area contributed by atoms with E-state index in [2.05, 4.69) is 52.5 Å². The molecule has 4 rings (SSSR count). The lowest BCUT2D eigenvalue weighted by molar-refractivity contribution is -0.131. The molecule has 27 heavy (non-hydrogen) atoms. The molecule has 1 aromatic carbocycles. The lowest BCUT2D eigenvalue weighted by Crippen LogP contribution is -2.45. The minimum absolute atomic E-state index is 0.207. The monoisotopic (exact) mass is 385 g/mol. The highest BCUT2D eigenvalue weighted by atomic mass is 32.2. The van der Waals surface area contributed by atoms with Crippen molar-refractivity contribution in [1.82, 2.24) is 25.1 Å². The quantitative estimate of drug-likeness (QED) is 0.755.